The van der Waals surface area contributed by atoms with Gasteiger partial charge < -0.3 is 10.4 Å². The number of carboxylic acid groups (broad SMARTS) is 1. The number of fused-ring (bicyclic) bond motifs is 3. The van der Waals surface area contributed by atoms with Crippen LogP contribution in [-0.2, 0) is 4.79 Å². The van der Waals surface area contributed by atoms with Crippen LogP contribution in [0.25, 0.3) is 0 Å². The third kappa shape index (κ3) is 1.10. The Bertz CT molecular complexity index is 209. The van der Waals surface area contributed by atoms with E-state index in [9.17, 15) is 9.18 Å². The Morgan fingerprint density at radius 1 is 1.50 bits per heavy atom. The summed E-state index contributed by atoms with van der Waals surface area (Å²) < 4.78 is 13.2. The number of rotatable bonds is 1. The molecule has 2 N–H and O–H groups in total. The van der Waals surface area contributed by atoms with Crippen LogP contribution in [0.3, 0.4) is 0 Å². The van der Waals surface area contributed by atoms with Crippen LogP contribution in [0.2, 0.25) is 0 Å². The van der Waals surface area contributed by atoms with Gasteiger partial charge in [0.1, 0.15) is 12.2 Å². The number of hydrogen-bond acceptors (Lipinski definition) is 2. The molecule has 4 unspecified atom stereocenters. The fourth-order valence-corrected chi connectivity index (χ4v) is 2.30. The number of aliphatic carboxylic acids is 1. The summed E-state index contributed by atoms with van der Waals surface area (Å²) in [7, 11) is 0. The molecular formula is C8H12FNO2. The molecule has 4 heteroatoms. The van der Waals surface area contributed by atoms with Crippen LogP contribution in [0, 0.1) is 5.92 Å². The molecule has 2 bridgehead atoms. The molecule has 3 fully saturated rings. The van der Waals surface area contributed by atoms with E-state index >= 15 is 0 Å². The highest BCUT2D eigenvalue weighted by molar-refractivity contribution is 5.74. The Balaban J connectivity index is 2.14. The Morgan fingerprint density at radius 3 is 2.67 bits per heavy atom. The summed E-state index contributed by atoms with van der Waals surface area (Å²) in [4.78, 5) is 10.7. The molecule has 0 spiro atoms. The second-order valence-electron chi connectivity index (χ2n) is 3.67. The van der Waals surface area contributed by atoms with Gasteiger partial charge in [-0.2, -0.15) is 0 Å². The summed E-state index contributed by atoms with van der Waals surface area (Å²) >= 11 is 0. The zero-order valence-corrected chi connectivity index (χ0v) is 6.66. The predicted octanol–water partition coefficient (Wildman–Crippen LogP) is 0.550. The molecule has 0 radical (unpaired) electrons. The molecule has 12 heavy (non-hydrogen) atoms. The average Bonchev–Trinajstić information content (AvgIpc) is 2.04. The molecule has 2 aliphatic heterocycles. The van der Waals surface area contributed by atoms with E-state index in [-0.39, 0.29) is 12.0 Å². The minimum Gasteiger partial charge on any atom is -0.480 e. The SMILES string of the molecule is O=C(O)C1NC2CCC1C(F)C2. The van der Waals surface area contributed by atoms with Gasteiger partial charge in [0.15, 0.2) is 0 Å². The van der Waals surface area contributed by atoms with Crippen LogP contribution in [0.15, 0.2) is 0 Å². The first kappa shape index (κ1) is 7.98. The monoisotopic (exact) mass is 173 g/mol. The molecule has 1 saturated carbocycles. The lowest BCUT2D eigenvalue weighted by atomic mass is 9.75. The lowest BCUT2D eigenvalue weighted by molar-refractivity contribution is -0.145. The van der Waals surface area contributed by atoms with Crippen molar-refractivity contribution in [3.8, 4) is 0 Å². The first-order valence-corrected chi connectivity index (χ1v) is 4.31. The van der Waals surface area contributed by atoms with Crippen LogP contribution >= 0.6 is 0 Å². The van der Waals surface area contributed by atoms with Crippen LogP contribution in [0.5, 0.6) is 0 Å². The highest BCUT2D eigenvalue weighted by Gasteiger charge is 2.45. The van der Waals surface area contributed by atoms with E-state index in [0.29, 0.717) is 6.42 Å². The molecule has 2 heterocycles. The Hall–Kier alpha value is -0.640. The molecular weight excluding hydrogens is 161 g/mol. The second-order valence-corrected chi connectivity index (χ2v) is 3.67. The molecule has 3 aliphatic rings. The van der Waals surface area contributed by atoms with Crippen molar-refractivity contribution < 1.29 is 14.3 Å². The van der Waals surface area contributed by atoms with E-state index < -0.39 is 18.2 Å². The number of halogens is 1. The molecule has 0 amide bonds. The van der Waals surface area contributed by atoms with Gasteiger partial charge in [0.25, 0.3) is 0 Å². The van der Waals surface area contributed by atoms with E-state index in [1.54, 1.807) is 0 Å². The number of piperidine rings is 2. The van der Waals surface area contributed by atoms with E-state index in [1.807, 2.05) is 0 Å². The lowest BCUT2D eigenvalue weighted by Gasteiger charge is -2.43. The highest BCUT2D eigenvalue weighted by Crippen LogP contribution is 2.35. The molecule has 2 saturated heterocycles. The summed E-state index contributed by atoms with van der Waals surface area (Å²) in [5.74, 6) is -1.21. The summed E-state index contributed by atoms with van der Waals surface area (Å²) in [5.41, 5.74) is 0. The standard InChI is InChI=1S/C8H12FNO2/c9-6-3-4-1-2-5(6)7(10-4)8(11)12/h4-7,10H,1-3H2,(H,11,12). The molecule has 0 aromatic heterocycles. The molecule has 3 rings (SSSR count). The van der Waals surface area contributed by atoms with Crippen molar-refractivity contribution in [2.75, 3.05) is 0 Å². The molecule has 68 valence electrons. The fraction of sp³-hybridized carbons (Fsp3) is 0.875. The number of nitrogens with one attached hydrogen (secondary N) is 1. The molecule has 3 nitrogen and oxygen atoms in total. The number of alkyl halides is 1. The number of hydrogen-bond donors (Lipinski definition) is 2. The molecule has 1 aliphatic carbocycles. The van der Waals surface area contributed by atoms with Gasteiger partial charge >= 0.3 is 5.97 Å². The second kappa shape index (κ2) is 2.69. The van der Waals surface area contributed by atoms with Crippen molar-refractivity contribution in [2.24, 2.45) is 5.92 Å². The quantitative estimate of drug-likeness (QED) is 0.608. The van der Waals surface area contributed by atoms with Gasteiger partial charge in [-0.05, 0) is 19.3 Å². The minimum absolute atomic E-state index is 0.0890. The van der Waals surface area contributed by atoms with E-state index in [2.05, 4.69) is 5.32 Å². The molecule has 0 aromatic rings. The van der Waals surface area contributed by atoms with Gasteiger partial charge in [0.05, 0.1) is 0 Å². The average molecular weight is 173 g/mol. The van der Waals surface area contributed by atoms with Gasteiger partial charge in [-0.15, -0.1) is 0 Å². The number of carbonyl (C=O) groups is 1. The smallest absolute Gasteiger partial charge is 0.321 e. The first-order valence-electron chi connectivity index (χ1n) is 4.31. The summed E-state index contributed by atoms with van der Waals surface area (Å²) in [5, 5.41) is 11.7. The van der Waals surface area contributed by atoms with Gasteiger partial charge in [-0.1, -0.05) is 0 Å². The van der Waals surface area contributed by atoms with Crippen LogP contribution in [0.1, 0.15) is 19.3 Å². The first-order chi connectivity index (χ1) is 5.68. The van der Waals surface area contributed by atoms with Crippen molar-refractivity contribution in [1.29, 1.82) is 0 Å². The maximum Gasteiger partial charge on any atom is 0.321 e. The maximum absolute atomic E-state index is 13.2. The topological polar surface area (TPSA) is 49.3 Å². The van der Waals surface area contributed by atoms with E-state index in [4.69, 9.17) is 5.11 Å². The molecule has 4 atom stereocenters. The largest absolute Gasteiger partial charge is 0.480 e. The van der Waals surface area contributed by atoms with Crippen molar-refractivity contribution >= 4 is 5.97 Å². The van der Waals surface area contributed by atoms with Gasteiger partial charge in [-0.25, -0.2) is 4.39 Å². The lowest BCUT2D eigenvalue weighted by Crippen LogP contribution is -2.60. The van der Waals surface area contributed by atoms with E-state index in [0.717, 1.165) is 12.8 Å². The highest BCUT2D eigenvalue weighted by atomic mass is 19.1. The van der Waals surface area contributed by atoms with Gasteiger partial charge in [0, 0.05) is 12.0 Å². The van der Waals surface area contributed by atoms with Crippen LogP contribution in [-0.4, -0.2) is 29.3 Å². The third-order valence-electron chi connectivity index (χ3n) is 2.93. The molecule has 0 aromatic carbocycles. The zero-order chi connectivity index (χ0) is 8.72. The Kier molecular flexibility index (Phi) is 1.79. The summed E-state index contributed by atoms with van der Waals surface area (Å²) in [6, 6.07) is -0.557. The number of carboxylic acids is 1. The van der Waals surface area contributed by atoms with Gasteiger partial charge in [-0.3, -0.25) is 4.79 Å². The van der Waals surface area contributed by atoms with Crippen molar-refractivity contribution in [1.82, 2.24) is 5.32 Å². The van der Waals surface area contributed by atoms with Crippen molar-refractivity contribution in [2.45, 2.75) is 37.5 Å². The van der Waals surface area contributed by atoms with Crippen molar-refractivity contribution in [3.05, 3.63) is 0 Å². The Labute approximate surface area is 70.0 Å². The fourth-order valence-electron chi connectivity index (χ4n) is 2.30. The Morgan fingerprint density at radius 2 is 2.25 bits per heavy atom. The van der Waals surface area contributed by atoms with Crippen LogP contribution < -0.4 is 5.32 Å². The summed E-state index contributed by atoms with van der Waals surface area (Å²) in [6.45, 7) is 0. The van der Waals surface area contributed by atoms with Crippen LogP contribution in [0.4, 0.5) is 4.39 Å². The predicted molar refractivity (Wildman–Crippen MR) is 40.6 cm³/mol. The minimum atomic E-state index is -0.911. The normalized spacial score (nSPS) is 46.1. The zero-order valence-electron chi connectivity index (χ0n) is 6.66. The maximum atomic E-state index is 13.2. The van der Waals surface area contributed by atoms with Crippen molar-refractivity contribution in [3.63, 3.8) is 0 Å². The summed E-state index contributed by atoms with van der Waals surface area (Å²) in [6.07, 6.45) is 1.23. The van der Waals surface area contributed by atoms with Gasteiger partial charge in [0.2, 0.25) is 0 Å². The van der Waals surface area contributed by atoms with E-state index in [1.165, 1.54) is 0 Å². The third-order valence-corrected chi connectivity index (χ3v) is 2.93.